The number of aryl methyl sites for hydroxylation is 8. The third-order valence-electron chi connectivity index (χ3n) is 18.3. The van der Waals surface area contributed by atoms with Gasteiger partial charge in [0, 0.05) is 0 Å². The van der Waals surface area contributed by atoms with E-state index in [4.69, 9.17) is 29.4 Å². The molecular weight excluding hydrogens is 1020 g/mol. The van der Waals surface area contributed by atoms with Crippen molar-refractivity contribution in [1.29, 1.82) is 0 Å². The van der Waals surface area contributed by atoms with Gasteiger partial charge in [0.05, 0.1) is 37.0 Å². The number of allylic oxidation sites excluding steroid dienone is 4. The zero-order valence-electron chi connectivity index (χ0n) is 48.0. The predicted octanol–water partition coefficient (Wildman–Crippen LogP) is 18.1. The van der Waals surface area contributed by atoms with Gasteiger partial charge in [-0.1, -0.05) is 135 Å². The Labute approximate surface area is 479 Å². The molecule has 7 heteroatoms. The maximum Gasteiger partial charge on any atom is 2.00 e. The Morgan fingerprint density at radius 3 is 1.33 bits per heavy atom. The van der Waals surface area contributed by atoms with Gasteiger partial charge in [0.2, 0.25) is 0 Å². The summed E-state index contributed by atoms with van der Waals surface area (Å²) in [6.45, 7) is 18.2. The molecule has 0 saturated carbocycles. The SMILES string of the molecule is CCC1=C(C)c2nc1cc1[n-]c(c(C)c1CC)c1c3nc(cc4[n-]c(c(C)c4CC)c2-c2cccc4c2-c2ccc(cc2-4)CCCCc2cc(OC)c(cc2OC)CCCCc2ccc4c(c2)-c2c-4cccc2-1)C(CC)=C3C.[Zn+2]. The summed E-state index contributed by atoms with van der Waals surface area (Å²) in [5.41, 5.74) is 37.9. The molecule has 0 amide bonds. The third-order valence-corrected chi connectivity index (χ3v) is 18.3. The van der Waals surface area contributed by atoms with E-state index < -0.39 is 0 Å². The first-order chi connectivity index (χ1) is 38.1. The minimum Gasteiger partial charge on any atom is -0.657 e. The van der Waals surface area contributed by atoms with Gasteiger partial charge in [-0.05, 0) is 228 Å². The molecule has 20 bridgehead atoms. The number of nitrogens with zero attached hydrogens (tertiary/aromatic N) is 4. The molecule has 14 heterocycles. The first-order valence-corrected chi connectivity index (χ1v) is 28.9. The molecule has 11 aliphatic heterocycles. The molecule has 0 fully saturated rings. The molecule has 392 valence electrons. The Bertz CT molecular complexity index is 4100. The quantitative estimate of drug-likeness (QED) is 0.155. The van der Waals surface area contributed by atoms with Gasteiger partial charge in [-0.2, -0.15) is 0 Å². The molecule has 5 aromatic carbocycles. The Morgan fingerprint density at radius 2 is 0.861 bits per heavy atom. The molecule has 79 heavy (non-hydrogen) atoms. The van der Waals surface area contributed by atoms with Crippen molar-refractivity contribution in [3.8, 4) is 78.3 Å². The van der Waals surface area contributed by atoms with Gasteiger partial charge in [-0.25, -0.2) is 9.97 Å². The van der Waals surface area contributed by atoms with Gasteiger partial charge in [0.1, 0.15) is 11.5 Å². The predicted molar refractivity (Wildman–Crippen MR) is 325 cm³/mol. The van der Waals surface area contributed by atoms with Crippen molar-refractivity contribution >= 4 is 44.4 Å². The number of ether oxygens (including phenoxy) is 2. The molecule has 21 rings (SSSR count). The minimum atomic E-state index is 0. The van der Waals surface area contributed by atoms with Crippen molar-refractivity contribution in [2.75, 3.05) is 14.2 Å². The second-order valence-corrected chi connectivity index (χ2v) is 22.4. The first-order valence-electron chi connectivity index (χ1n) is 28.9. The normalized spacial score (nSPS) is 14.3. The Morgan fingerprint density at radius 1 is 0.430 bits per heavy atom. The van der Waals surface area contributed by atoms with Gasteiger partial charge in [-0.3, -0.25) is 0 Å². The molecule has 8 aromatic rings. The van der Waals surface area contributed by atoms with Crippen LogP contribution in [0.3, 0.4) is 0 Å². The number of hydrogen-bond acceptors (Lipinski definition) is 4. The van der Waals surface area contributed by atoms with Gasteiger partial charge in [-0.15, -0.1) is 22.1 Å². The summed E-state index contributed by atoms with van der Waals surface area (Å²) < 4.78 is 12.1. The van der Waals surface area contributed by atoms with Gasteiger partial charge in [0.15, 0.2) is 0 Å². The van der Waals surface area contributed by atoms with Crippen LogP contribution in [-0.4, -0.2) is 24.2 Å². The van der Waals surface area contributed by atoms with E-state index in [1.807, 2.05) is 0 Å². The third kappa shape index (κ3) is 8.35. The first kappa shape index (κ1) is 52.6. The summed E-state index contributed by atoms with van der Waals surface area (Å²) in [7, 11) is 3.61. The molecule has 13 aliphatic rings. The number of aromatic nitrogens is 4. The van der Waals surface area contributed by atoms with Crippen LogP contribution in [0.2, 0.25) is 0 Å². The fourth-order valence-corrected chi connectivity index (χ4v) is 14.2. The fraction of sp³-hybridized carbons (Fsp3) is 0.306. The summed E-state index contributed by atoms with van der Waals surface area (Å²) in [6, 6.07) is 37.1. The fourth-order valence-electron chi connectivity index (χ4n) is 14.2. The van der Waals surface area contributed by atoms with Crippen molar-refractivity contribution in [3.05, 3.63) is 164 Å². The molecule has 0 N–H and O–H groups in total. The van der Waals surface area contributed by atoms with Crippen molar-refractivity contribution in [2.45, 2.75) is 132 Å². The standard InChI is InChI=1S/C72H70N4O2.Zn/c1-11-47-39(5)69-67-55-27-20-26-53-57-33-43(30-32-54(57)65(53)55)21-15-17-23-45-35-64(78-10)46(36-63(45)77-9)24-18-16-22-44-29-31-51-52-25-19-28-56(66(52)58(51)34-44)68(71-41(7)49(13-3)61(75-71)37-59(47)73-69)72-42(8)50(14-4)62(76-72)38-60-48(12-2)40(6)70(67)74-60;/h19-20,25-38H,11-18,21-24H2,1-10H3;/q-2;+2. The van der Waals surface area contributed by atoms with E-state index in [9.17, 15) is 0 Å². The van der Waals surface area contributed by atoms with Gasteiger partial charge < -0.3 is 19.4 Å². The number of hydrogen-bond donors (Lipinski definition) is 0. The Balaban J connectivity index is 0.00000623. The molecule has 0 saturated heterocycles. The number of fused-ring (bicyclic) bond motifs is 1. The van der Waals surface area contributed by atoms with Crippen LogP contribution in [0.15, 0.2) is 97.1 Å². The Hall–Kier alpha value is -7.08. The van der Waals surface area contributed by atoms with Crippen LogP contribution < -0.4 is 19.4 Å². The zero-order chi connectivity index (χ0) is 53.7. The maximum absolute atomic E-state index is 6.07. The van der Waals surface area contributed by atoms with E-state index >= 15 is 0 Å². The van der Waals surface area contributed by atoms with Crippen LogP contribution in [0.25, 0.3) is 111 Å². The summed E-state index contributed by atoms with van der Waals surface area (Å²) in [5, 5.41) is 0. The topological polar surface area (TPSA) is 72.4 Å². The number of benzene rings is 5. The van der Waals surface area contributed by atoms with Crippen molar-refractivity contribution in [2.24, 2.45) is 0 Å². The van der Waals surface area contributed by atoms with Gasteiger partial charge >= 0.3 is 19.5 Å². The number of methoxy groups -OCH3 is 2. The van der Waals surface area contributed by atoms with Crippen LogP contribution in [0.5, 0.6) is 11.5 Å². The summed E-state index contributed by atoms with van der Waals surface area (Å²) >= 11 is 0. The Kier molecular flexibility index (Phi) is 13.9. The van der Waals surface area contributed by atoms with Crippen molar-refractivity contribution in [1.82, 2.24) is 19.9 Å². The van der Waals surface area contributed by atoms with E-state index in [2.05, 4.69) is 152 Å². The molecular formula is C72H70N4O2Zn. The van der Waals surface area contributed by atoms with Gasteiger partial charge in [0.25, 0.3) is 0 Å². The molecule has 6 nitrogen and oxygen atoms in total. The van der Waals surface area contributed by atoms with E-state index in [0.29, 0.717) is 0 Å². The number of rotatable bonds is 6. The molecule has 0 spiro atoms. The summed E-state index contributed by atoms with van der Waals surface area (Å²) in [4.78, 5) is 23.2. The maximum atomic E-state index is 6.07. The molecule has 0 radical (unpaired) electrons. The minimum absolute atomic E-state index is 0. The average Bonchev–Trinajstić information content (AvgIpc) is 4.34. The molecule has 3 aromatic heterocycles. The smallest absolute Gasteiger partial charge is 0.657 e. The monoisotopic (exact) mass is 1090 g/mol. The van der Waals surface area contributed by atoms with Crippen LogP contribution in [-0.2, 0) is 58.0 Å². The molecule has 0 atom stereocenters. The van der Waals surface area contributed by atoms with E-state index in [1.54, 1.807) is 14.2 Å². The van der Waals surface area contributed by atoms with E-state index in [1.165, 1.54) is 122 Å². The largest absolute Gasteiger partial charge is 2.00 e. The van der Waals surface area contributed by atoms with Crippen LogP contribution in [0.1, 0.15) is 147 Å². The van der Waals surface area contributed by atoms with Crippen LogP contribution >= 0.6 is 0 Å². The second kappa shape index (κ2) is 20.9. The molecule has 2 aliphatic carbocycles. The second-order valence-electron chi connectivity index (χ2n) is 22.4. The van der Waals surface area contributed by atoms with Crippen LogP contribution in [0.4, 0.5) is 0 Å². The van der Waals surface area contributed by atoms with Crippen molar-refractivity contribution < 1.29 is 29.0 Å². The van der Waals surface area contributed by atoms with E-state index in [0.717, 1.165) is 145 Å². The van der Waals surface area contributed by atoms with E-state index in [-0.39, 0.29) is 19.5 Å². The zero-order valence-corrected chi connectivity index (χ0v) is 51.0. The summed E-state index contributed by atoms with van der Waals surface area (Å²) in [6.07, 6.45) is 11.5. The molecule has 0 unspecified atom stereocenters. The summed E-state index contributed by atoms with van der Waals surface area (Å²) in [5.74, 6) is 1.92. The van der Waals surface area contributed by atoms with Crippen molar-refractivity contribution in [3.63, 3.8) is 0 Å². The average molecular weight is 1090 g/mol. The van der Waals surface area contributed by atoms with Crippen LogP contribution in [0, 0.1) is 13.8 Å².